The van der Waals surface area contributed by atoms with Crippen molar-refractivity contribution in [2.75, 3.05) is 6.54 Å². The number of rotatable bonds is 3. The fourth-order valence-electron chi connectivity index (χ4n) is 3.00. The van der Waals surface area contributed by atoms with Gasteiger partial charge >= 0.3 is 12.2 Å². The van der Waals surface area contributed by atoms with Crippen LogP contribution in [0.25, 0.3) is 0 Å². The summed E-state index contributed by atoms with van der Waals surface area (Å²) in [5.74, 6) is 0. The average Bonchev–Trinajstić information content (AvgIpc) is 2.50. The number of alkyl carbamates (subject to hydrolysis) is 1. The molecule has 0 aliphatic carbocycles. The largest absolute Gasteiger partial charge is 0.465 e. The van der Waals surface area contributed by atoms with Crippen molar-refractivity contribution in [3.05, 3.63) is 35.9 Å². The highest BCUT2D eigenvalue weighted by atomic mass is 19.1. The van der Waals surface area contributed by atoms with E-state index in [4.69, 9.17) is 4.74 Å². The van der Waals surface area contributed by atoms with Crippen LogP contribution in [0.1, 0.15) is 32.8 Å². The molecule has 3 atom stereocenters. The smallest absolute Gasteiger partial charge is 0.408 e. The molecular weight excluding hydrogens is 327 g/mol. The molecule has 0 saturated carbocycles. The van der Waals surface area contributed by atoms with Crippen LogP contribution < -0.4 is 5.32 Å². The van der Waals surface area contributed by atoms with Crippen molar-refractivity contribution in [1.82, 2.24) is 10.2 Å². The van der Waals surface area contributed by atoms with E-state index >= 15 is 0 Å². The van der Waals surface area contributed by atoms with Gasteiger partial charge in [-0.3, -0.25) is 0 Å². The van der Waals surface area contributed by atoms with Crippen LogP contribution in [-0.4, -0.2) is 52.6 Å². The van der Waals surface area contributed by atoms with Gasteiger partial charge in [0.1, 0.15) is 11.8 Å². The average molecular weight is 352 g/mol. The summed E-state index contributed by atoms with van der Waals surface area (Å²) in [5, 5.41) is 12.0. The molecule has 1 unspecified atom stereocenters. The Labute approximate surface area is 147 Å². The van der Waals surface area contributed by atoms with Crippen LogP contribution >= 0.6 is 0 Å². The van der Waals surface area contributed by atoms with Gasteiger partial charge in [0.2, 0.25) is 0 Å². The third-order valence-electron chi connectivity index (χ3n) is 4.07. The number of amides is 2. The number of carbonyl (C=O) groups is 2. The maximum Gasteiger partial charge on any atom is 0.408 e. The van der Waals surface area contributed by atoms with Gasteiger partial charge in [-0.15, -0.1) is 0 Å². The van der Waals surface area contributed by atoms with E-state index in [0.29, 0.717) is 6.42 Å². The zero-order valence-electron chi connectivity index (χ0n) is 14.7. The number of piperidine rings is 1. The molecule has 25 heavy (non-hydrogen) atoms. The molecular formula is C18H25FN2O4. The molecule has 7 heteroatoms. The van der Waals surface area contributed by atoms with Gasteiger partial charge in [-0.05, 0) is 39.2 Å². The van der Waals surface area contributed by atoms with Gasteiger partial charge in [0.15, 0.2) is 0 Å². The second-order valence-corrected chi connectivity index (χ2v) is 7.21. The lowest BCUT2D eigenvalue weighted by molar-refractivity contribution is 0.0245. The summed E-state index contributed by atoms with van der Waals surface area (Å²) in [5.41, 5.74) is 0.162. The molecule has 2 amide bonds. The first-order chi connectivity index (χ1) is 11.7. The number of ether oxygens (including phenoxy) is 1. The Morgan fingerprint density at radius 1 is 1.32 bits per heavy atom. The van der Waals surface area contributed by atoms with Crippen molar-refractivity contribution >= 4 is 12.2 Å². The van der Waals surface area contributed by atoms with Crippen LogP contribution in [0.4, 0.5) is 14.0 Å². The molecule has 138 valence electrons. The molecule has 0 aromatic heterocycles. The summed E-state index contributed by atoms with van der Waals surface area (Å²) in [7, 11) is 0. The molecule has 1 aliphatic rings. The summed E-state index contributed by atoms with van der Waals surface area (Å²) in [4.78, 5) is 24.9. The minimum absolute atomic E-state index is 0.0397. The van der Waals surface area contributed by atoms with E-state index in [1.165, 1.54) is 4.90 Å². The SMILES string of the molecule is CC(C)(C)OC(=O)N[C@H]1C(Cc2ccccc2)N(C(=O)O)CC[C@@H]1F. The Morgan fingerprint density at radius 3 is 2.52 bits per heavy atom. The summed E-state index contributed by atoms with van der Waals surface area (Å²) in [6, 6.07) is 7.59. The van der Waals surface area contributed by atoms with Crippen molar-refractivity contribution in [2.24, 2.45) is 0 Å². The Balaban J connectivity index is 2.21. The Kier molecular flexibility index (Phi) is 5.87. The van der Waals surface area contributed by atoms with E-state index in [1.54, 1.807) is 20.8 Å². The molecule has 2 rings (SSSR count). The number of benzene rings is 1. The van der Waals surface area contributed by atoms with Gasteiger partial charge in [-0.25, -0.2) is 14.0 Å². The van der Waals surface area contributed by atoms with Crippen LogP contribution in [0.2, 0.25) is 0 Å². The number of likely N-dealkylation sites (tertiary alicyclic amines) is 1. The summed E-state index contributed by atoms with van der Waals surface area (Å²) in [6.07, 6.45) is -2.85. The normalized spacial score (nSPS) is 23.8. The Morgan fingerprint density at radius 2 is 1.96 bits per heavy atom. The highest BCUT2D eigenvalue weighted by Gasteiger charge is 2.42. The maximum absolute atomic E-state index is 14.5. The van der Waals surface area contributed by atoms with E-state index in [2.05, 4.69) is 5.32 Å². The lowest BCUT2D eigenvalue weighted by atomic mass is 9.90. The van der Waals surface area contributed by atoms with Crippen LogP contribution in [-0.2, 0) is 11.2 Å². The quantitative estimate of drug-likeness (QED) is 0.875. The van der Waals surface area contributed by atoms with Crippen LogP contribution in [0.5, 0.6) is 0 Å². The topological polar surface area (TPSA) is 78.9 Å². The van der Waals surface area contributed by atoms with Crippen LogP contribution in [0.15, 0.2) is 30.3 Å². The summed E-state index contributed by atoms with van der Waals surface area (Å²) >= 11 is 0. The summed E-state index contributed by atoms with van der Waals surface area (Å²) < 4.78 is 19.7. The number of halogens is 1. The standard InChI is InChI=1S/C18H25FN2O4/c1-18(2,3)25-16(22)20-15-13(19)9-10-21(17(23)24)14(15)11-12-7-5-4-6-8-12/h4-8,13-15H,9-11H2,1-3H3,(H,20,22)(H,23,24)/t13-,14?,15+/m0/s1. The predicted octanol–water partition coefficient (Wildman–Crippen LogP) is 3.21. The number of nitrogens with zero attached hydrogens (tertiary/aromatic N) is 1. The first kappa shape index (κ1) is 19.0. The lowest BCUT2D eigenvalue weighted by Crippen LogP contribution is -2.62. The maximum atomic E-state index is 14.5. The van der Waals surface area contributed by atoms with Crippen molar-refractivity contribution in [3.8, 4) is 0 Å². The molecule has 1 heterocycles. The molecule has 0 spiro atoms. The van der Waals surface area contributed by atoms with E-state index in [9.17, 15) is 19.1 Å². The number of nitrogens with one attached hydrogen (secondary N) is 1. The Hall–Kier alpha value is -2.31. The molecule has 1 saturated heterocycles. The van der Waals surface area contributed by atoms with Gasteiger partial charge in [0.25, 0.3) is 0 Å². The van der Waals surface area contributed by atoms with E-state index in [-0.39, 0.29) is 13.0 Å². The molecule has 2 N–H and O–H groups in total. The molecule has 0 bridgehead atoms. The van der Waals surface area contributed by atoms with E-state index in [1.807, 2.05) is 30.3 Å². The molecule has 6 nitrogen and oxygen atoms in total. The number of alkyl halides is 1. The van der Waals surface area contributed by atoms with Crippen molar-refractivity contribution in [3.63, 3.8) is 0 Å². The second-order valence-electron chi connectivity index (χ2n) is 7.21. The minimum Gasteiger partial charge on any atom is -0.465 e. The molecule has 1 aliphatic heterocycles. The van der Waals surface area contributed by atoms with Gasteiger partial charge in [-0.2, -0.15) is 0 Å². The van der Waals surface area contributed by atoms with Crippen molar-refractivity contribution < 1.29 is 23.8 Å². The molecule has 1 aromatic carbocycles. The fraction of sp³-hybridized carbons (Fsp3) is 0.556. The molecule has 1 fully saturated rings. The molecule has 0 radical (unpaired) electrons. The van der Waals surface area contributed by atoms with Gasteiger partial charge < -0.3 is 20.1 Å². The zero-order chi connectivity index (χ0) is 18.6. The van der Waals surface area contributed by atoms with Gasteiger partial charge in [-0.1, -0.05) is 30.3 Å². The number of carbonyl (C=O) groups excluding carboxylic acids is 1. The predicted molar refractivity (Wildman–Crippen MR) is 91.3 cm³/mol. The van der Waals surface area contributed by atoms with Crippen LogP contribution in [0, 0.1) is 0 Å². The number of carboxylic acid groups (broad SMARTS) is 1. The van der Waals surface area contributed by atoms with Crippen molar-refractivity contribution in [1.29, 1.82) is 0 Å². The van der Waals surface area contributed by atoms with E-state index < -0.39 is 36.0 Å². The third-order valence-corrected chi connectivity index (χ3v) is 4.07. The van der Waals surface area contributed by atoms with Crippen molar-refractivity contribution in [2.45, 2.75) is 57.5 Å². The highest BCUT2D eigenvalue weighted by Crippen LogP contribution is 2.24. The first-order valence-corrected chi connectivity index (χ1v) is 8.34. The second kappa shape index (κ2) is 7.72. The Bertz CT molecular complexity index is 603. The lowest BCUT2D eigenvalue weighted by Gasteiger charge is -2.42. The first-order valence-electron chi connectivity index (χ1n) is 8.34. The number of hydrogen-bond donors (Lipinski definition) is 2. The monoisotopic (exact) mass is 352 g/mol. The van der Waals surface area contributed by atoms with Crippen LogP contribution in [0.3, 0.4) is 0 Å². The highest BCUT2D eigenvalue weighted by molar-refractivity contribution is 5.69. The third kappa shape index (κ3) is 5.34. The van der Waals surface area contributed by atoms with E-state index in [0.717, 1.165) is 5.56 Å². The summed E-state index contributed by atoms with van der Waals surface area (Å²) in [6.45, 7) is 5.24. The van der Waals surface area contributed by atoms with Gasteiger partial charge in [0.05, 0.1) is 12.1 Å². The fourth-order valence-corrected chi connectivity index (χ4v) is 3.00. The molecule has 1 aromatic rings. The van der Waals surface area contributed by atoms with Gasteiger partial charge in [0, 0.05) is 6.54 Å². The minimum atomic E-state index is -1.34. The number of hydrogen-bond acceptors (Lipinski definition) is 3. The zero-order valence-corrected chi connectivity index (χ0v) is 14.7.